The summed E-state index contributed by atoms with van der Waals surface area (Å²) in [4.78, 5) is 35.2. The largest absolute Gasteiger partial charge is 0.480 e. The first kappa shape index (κ1) is 16.3. The number of carboxylic acids is 1. The van der Waals surface area contributed by atoms with Gasteiger partial charge in [0.05, 0.1) is 4.92 Å². The summed E-state index contributed by atoms with van der Waals surface area (Å²) in [6, 6.07) is 4.96. The third-order valence-electron chi connectivity index (χ3n) is 3.57. The normalized spacial score (nSPS) is 23.3. The Morgan fingerprint density at radius 2 is 2.05 bits per heavy atom. The van der Waals surface area contributed by atoms with Crippen LogP contribution in [-0.2, 0) is 9.59 Å². The number of thioether (sulfide) groups is 1. The van der Waals surface area contributed by atoms with Crippen LogP contribution in [0.3, 0.4) is 0 Å². The smallest absolute Gasteiger partial charge is 0.327 e. The van der Waals surface area contributed by atoms with Crippen molar-refractivity contribution in [2.75, 3.05) is 0 Å². The Hall–Kier alpha value is -2.09. The molecule has 118 valence electrons. The van der Waals surface area contributed by atoms with E-state index >= 15 is 0 Å². The van der Waals surface area contributed by atoms with Crippen molar-refractivity contribution in [1.82, 2.24) is 4.90 Å². The molecule has 1 aromatic carbocycles. The van der Waals surface area contributed by atoms with Crippen molar-refractivity contribution in [2.24, 2.45) is 0 Å². The molecule has 1 aliphatic rings. The minimum atomic E-state index is -1.08. The summed E-state index contributed by atoms with van der Waals surface area (Å²) < 4.78 is -0.702. The number of hydrogen-bond acceptors (Lipinski definition) is 5. The van der Waals surface area contributed by atoms with Crippen molar-refractivity contribution in [3.63, 3.8) is 0 Å². The number of nitro groups is 1. The van der Waals surface area contributed by atoms with E-state index in [0.717, 1.165) is 0 Å². The first-order chi connectivity index (χ1) is 10.1. The molecule has 1 fully saturated rings. The van der Waals surface area contributed by atoms with Crippen molar-refractivity contribution < 1.29 is 19.6 Å². The van der Waals surface area contributed by atoms with Crippen LogP contribution in [0.4, 0.5) is 5.69 Å². The lowest BCUT2D eigenvalue weighted by Gasteiger charge is -2.28. The summed E-state index contributed by atoms with van der Waals surface area (Å²) in [6.45, 7) is 4.82. The quantitative estimate of drug-likeness (QED) is 0.677. The number of nitro benzene ring substituents is 1. The third-order valence-corrected chi connectivity index (χ3v) is 5.12. The number of carbonyl (C=O) groups excluding carboxylic acids is 1. The van der Waals surface area contributed by atoms with E-state index in [1.165, 1.54) is 41.8 Å². The molecular weight excluding hydrogens is 308 g/mol. The van der Waals surface area contributed by atoms with Gasteiger partial charge in [0, 0.05) is 23.8 Å². The van der Waals surface area contributed by atoms with Crippen molar-refractivity contribution in [3.8, 4) is 0 Å². The lowest BCUT2D eigenvalue weighted by atomic mass is 10.0. The number of rotatable bonds is 3. The maximum Gasteiger partial charge on any atom is 0.327 e. The molecule has 2 rings (SSSR count). The van der Waals surface area contributed by atoms with Gasteiger partial charge in [-0.3, -0.25) is 14.9 Å². The molecular formula is C14H16N2O5S. The average molecular weight is 324 g/mol. The molecule has 0 aliphatic carbocycles. The van der Waals surface area contributed by atoms with Gasteiger partial charge in [0.15, 0.2) is 0 Å². The minimum absolute atomic E-state index is 0.0850. The molecule has 1 amide bonds. The Balaban J connectivity index is 2.50. The second kappa shape index (κ2) is 5.60. The minimum Gasteiger partial charge on any atom is -0.480 e. The molecule has 8 heteroatoms. The fourth-order valence-corrected chi connectivity index (χ4v) is 4.25. The molecule has 0 spiro atoms. The fraction of sp³-hybridized carbons (Fsp3) is 0.429. The Labute approximate surface area is 131 Å². The summed E-state index contributed by atoms with van der Waals surface area (Å²) in [6.07, 6.45) is 0. The molecule has 1 saturated heterocycles. The number of carboxylic acid groups (broad SMARTS) is 1. The van der Waals surface area contributed by atoms with Gasteiger partial charge < -0.3 is 10.0 Å². The van der Waals surface area contributed by atoms with E-state index in [1.807, 2.05) is 0 Å². The Bertz CT molecular complexity index is 646. The van der Waals surface area contributed by atoms with Gasteiger partial charge in [0.1, 0.15) is 11.4 Å². The predicted molar refractivity (Wildman–Crippen MR) is 81.5 cm³/mol. The SMILES string of the molecule is CC(=O)N1[C@@H](C(=O)O)C(C)(C)S[C@H]1c1cccc([N+](=O)[O-])c1. The second-order valence-corrected chi connectivity index (χ2v) is 7.33. The Morgan fingerprint density at radius 3 is 2.55 bits per heavy atom. The van der Waals surface area contributed by atoms with Crippen LogP contribution in [0.1, 0.15) is 31.7 Å². The van der Waals surface area contributed by atoms with E-state index in [1.54, 1.807) is 19.9 Å². The van der Waals surface area contributed by atoms with Crippen molar-refractivity contribution in [1.29, 1.82) is 0 Å². The third kappa shape index (κ3) is 2.78. The fourth-order valence-electron chi connectivity index (χ4n) is 2.66. The van der Waals surface area contributed by atoms with Crippen LogP contribution in [0.25, 0.3) is 0 Å². The van der Waals surface area contributed by atoms with Gasteiger partial charge in [-0.05, 0) is 19.4 Å². The summed E-state index contributed by atoms with van der Waals surface area (Å²) in [5, 5.41) is 19.8. The molecule has 1 N–H and O–H groups in total. The van der Waals surface area contributed by atoms with Gasteiger partial charge >= 0.3 is 5.97 Å². The molecule has 7 nitrogen and oxygen atoms in total. The van der Waals surface area contributed by atoms with E-state index in [2.05, 4.69) is 0 Å². The molecule has 0 aromatic heterocycles. The highest BCUT2D eigenvalue weighted by molar-refractivity contribution is 8.01. The maximum atomic E-state index is 12.0. The van der Waals surface area contributed by atoms with Crippen LogP contribution in [0.5, 0.6) is 0 Å². The number of carbonyl (C=O) groups is 2. The number of amides is 1. The van der Waals surface area contributed by atoms with Crippen molar-refractivity contribution in [2.45, 2.75) is 36.9 Å². The van der Waals surface area contributed by atoms with E-state index in [0.29, 0.717) is 5.56 Å². The lowest BCUT2D eigenvalue weighted by Crippen LogP contribution is -2.48. The predicted octanol–water partition coefficient (Wildman–Crippen LogP) is 2.42. The second-order valence-electron chi connectivity index (χ2n) is 5.59. The summed E-state index contributed by atoms with van der Waals surface area (Å²) in [7, 11) is 0. The number of benzene rings is 1. The summed E-state index contributed by atoms with van der Waals surface area (Å²) >= 11 is 1.32. The van der Waals surface area contributed by atoms with Gasteiger partial charge in [-0.25, -0.2) is 4.79 Å². The highest BCUT2D eigenvalue weighted by atomic mass is 32.2. The standard InChI is InChI=1S/C14H16N2O5S/c1-8(17)15-11(13(18)19)14(2,3)22-12(15)9-5-4-6-10(7-9)16(20)21/h4-7,11-12H,1-3H3,(H,18,19)/t11-,12-/m0/s1. The number of hydrogen-bond donors (Lipinski definition) is 1. The molecule has 0 bridgehead atoms. The van der Waals surface area contributed by atoms with Gasteiger partial charge in [0.2, 0.25) is 5.91 Å². The van der Waals surface area contributed by atoms with E-state index in [-0.39, 0.29) is 11.6 Å². The number of nitrogens with zero attached hydrogens (tertiary/aromatic N) is 2. The number of non-ortho nitro benzene ring substituents is 1. The van der Waals surface area contributed by atoms with Crippen LogP contribution in [0, 0.1) is 10.1 Å². The highest BCUT2D eigenvalue weighted by Gasteiger charge is 2.53. The van der Waals surface area contributed by atoms with Gasteiger partial charge in [-0.2, -0.15) is 0 Å². The zero-order chi connectivity index (χ0) is 16.7. The highest BCUT2D eigenvalue weighted by Crippen LogP contribution is 2.52. The Kier molecular flexibility index (Phi) is 4.15. The molecule has 22 heavy (non-hydrogen) atoms. The monoisotopic (exact) mass is 324 g/mol. The summed E-state index contributed by atoms with van der Waals surface area (Å²) in [5.74, 6) is -1.46. The molecule has 1 aliphatic heterocycles. The van der Waals surface area contributed by atoms with Crippen LogP contribution in [0.2, 0.25) is 0 Å². The molecule has 2 atom stereocenters. The first-order valence-corrected chi connectivity index (χ1v) is 7.47. The van der Waals surface area contributed by atoms with Crippen LogP contribution in [-0.4, -0.2) is 37.6 Å². The molecule has 0 saturated carbocycles. The zero-order valence-corrected chi connectivity index (χ0v) is 13.2. The van der Waals surface area contributed by atoms with Gasteiger partial charge in [-0.1, -0.05) is 12.1 Å². The topological polar surface area (TPSA) is 101 Å². The average Bonchev–Trinajstić information content (AvgIpc) is 2.70. The van der Waals surface area contributed by atoms with Gasteiger partial charge in [0.25, 0.3) is 5.69 Å². The van der Waals surface area contributed by atoms with Crippen molar-refractivity contribution >= 4 is 29.3 Å². The zero-order valence-electron chi connectivity index (χ0n) is 12.3. The van der Waals surface area contributed by atoms with E-state index < -0.39 is 27.1 Å². The van der Waals surface area contributed by atoms with Crippen molar-refractivity contribution in [3.05, 3.63) is 39.9 Å². The Morgan fingerprint density at radius 1 is 1.41 bits per heavy atom. The molecule has 0 radical (unpaired) electrons. The van der Waals surface area contributed by atoms with Gasteiger partial charge in [-0.15, -0.1) is 11.8 Å². The van der Waals surface area contributed by atoms with Crippen LogP contribution < -0.4 is 0 Å². The maximum absolute atomic E-state index is 12.0. The first-order valence-electron chi connectivity index (χ1n) is 6.59. The molecule has 1 heterocycles. The van der Waals surface area contributed by atoms with Crippen LogP contribution >= 0.6 is 11.8 Å². The van der Waals surface area contributed by atoms with E-state index in [4.69, 9.17) is 0 Å². The summed E-state index contributed by atoms with van der Waals surface area (Å²) in [5.41, 5.74) is 0.462. The van der Waals surface area contributed by atoms with Crippen LogP contribution in [0.15, 0.2) is 24.3 Å². The lowest BCUT2D eigenvalue weighted by molar-refractivity contribution is -0.384. The molecule has 1 aromatic rings. The van der Waals surface area contributed by atoms with E-state index in [9.17, 15) is 24.8 Å². The number of aliphatic carboxylic acids is 1. The molecule has 0 unspecified atom stereocenters.